The number of esters is 1. The number of ether oxygens (including phenoxy) is 1. The molecule has 5 heteroatoms. The fraction of sp³-hybridized carbons (Fsp3) is 0.800. The van der Waals surface area contributed by atoms with Crippen LogP contribution in [0.1, 0.15) is 27.2 Å². The number of amides is 1. The van der Waals surface area contributed by atoms with Gasteiger partial charge in [0.05, 0.1) is 7.11 Å². The fourth-order valence-corrected chi connectivity index (χ4v) is 1.47. The lowest BCUT2D eigenvalue weighted by Gasteiger charge is -2.29. The molecule has 1 atom stereocenters. The van der Waals surface area contributed by atoms with Crippen LogP contribution < -0.4 is 0 Å². The zero-order chi connectivity index (χ0) is 12.0. The monoisotopic (exact) mass is 217 g/mol. The Morgan fingerprint density at radius 2 is 1.93 bits per heavy atom. The molecule has 0 spiro atoms. The number of hydrogen-bond acceptors (Lipinski definition) is 3. The highest BCUT2D eigenvalue weighted by Gasteiger charge is 2.32. The van der Waals surface area contributed by atoms with Gasteiger partial charge in [-0.2, -0.15) is 0 Å². The number of rotatable bonds is 5. The van der Waals surface area contributed by atoms with Crippen LogP contribution in [0.4, 0.5) is 4.79 Å². The van der Waals surface area contributed by atoms with Crippen LogP contribution in [0.2, 0.25) is 0 Å². The fourth-order valence-electron chi connectivity index (χ4n) is 1.47. The maximum atomic E-state index is 11.4. The maximum absolute atomic E-state index is 11.4. The number of hydrogen-bond donors (Lipinski definition) is 1. The second kappa shape index (κ2) is 6.27. The van der Waals surface area contributed by atoms with Gasteiger partial charge in [-0.25, -0.2) is 9.59 Å². The summed E-state index contributed by atoms with van der Waals surface area (Å²) in [6.07, 6.45) is -0.409. The molecule has 1 amide bonds. The van der Waals surface area contributed by atoms with Gasteiger partial charge in [-0.3, -0.25) is 4.90 Å². The molecule has 0 aliphatic carbocycles. The van der Waals surface area contributed by atoms with Crippen molar-refractivity contribution in [3.05, 3.63) is 0 Å². The topological polar surface area (TPSA) is 66.8 Å². The number of carbonyl (C=O) groups excluding carboxylic acids is 1. The van der Waals surface area contributed by atoms with E-state index in [-0.39, 0.29) is 5.92 Å². The maximum Gasteiger partial charge on any atom is 0.408 e. The summed E-state index contributed by atoms with van der Waals surface area (Å²) in [4.78, 5) is 23.6. The second-order valence-corrected chi connectivity index (χ2v) is 3.69. The van der Waals surface area contributed by atoms with E-state index in [1.54, 1.807) is 13.8 Å². The molecule has 5 nitrogen and oxygen atoms in total. The zero-order valence-corrected chi connectivity index (χ0v) is 9.69. The van der Waals surface area contributed by atoms with Crippen molar-refractivity contribution in [2.45, 2.75) is 33.2 Å². The summed E-state index contributed by atoms with van der Waals surface area (Å²) >= 11 is 0. The van der Waals surface area contributed by atoms with E-state index in [4.69, 9.17) is 5.11 Å². The Labute approximate surface area is 90.0 Å². The zero-order valence-electron chi connectivity index (χ0n) is 9.69. The first-order valence-corrected chi connectivity index (χ1v) is 5.03. The van der Waals surface area contributed by atoms with Crippen LogP contribution in [-0.2, 0) is 9.53 Å². The lowest BCUT2D eigenvalue weighted by molar-refractivity contribution is -0.148. The van der Waals surface area contributed by atoms with E-state index in [1.165, 1.54) is 7.11 Å². The summed E-state index contributed by atoms with van der Waals surface area (Å²) in [6, 6.07) is -0.715. The van der Waals surface area contributed by atoms with E-state index in [1.807, 2.05) is 6.92 Å². The Morgan fingerprint density at radius 1 is 1.40 bits per heavy atom. The number of carbonyl (C=O) groups is 2. The largest absolute Gasteiger partial charge is 0.467 e. The number of methoxy groups -OCH3 is 1. The Morgan fingerprint density at radius 3 is 2.20 bits per heavy atom. The van der Waals surface area contributed by atoms with Crippen molar-refractivity contribution in [2.75, 3.05) is 13.7 Å². The van der Waals surface area contributed by atoms with E-state index in [2.05, 4.69) is 4.74 Å². The first-order valence-electron chi connectivity index (χ1n) is 5.03. The standard InChI is InChI=1S/C10H19NO4/c1-5-6-11(10(13)14)8(7(2)3)9(12)15-4/h7-8H,5-6H2,1-4H3,(H,13,14). The predicted octanol–water partition coefficient (Wildman–Crippen LogP) is 1.57. The average Bonchev–Trinajstić information content (AvgIpc) is 2.15. The van der Waals surface area contributed by atoms with Gasteiger partial charge in [0.25, 0.3) is 0 Å². The Balaban J connectivity index is 4.83. The van der Waals surface area contributed by atoms with E-state index >= 15 is 0 Å². The first kappa shape index (κ1) is 13.7. The summed E-state index contributed by atoms with van der Waals surface area (Å²) < 4.78 is 4.61. The van der Waals surface area contributed by atoms with Gasteiger partial charge >= 0.3 is 12.1 Å². The lowest BCUT2D eigenvalue weighted by atomic mass is 10.0. The summed E-state index contributed by atoms with van der Waals surface area (Å²) in [6.45, 7) is 5.80. The quantitative estimate of drug-likeness (QED) is 0.710. The van der Waals surface area contributed by atoms with Crippen LogP contribution in [-0.4, -0.2) is 41.8 Å². The molecule has 0 bridgehead atoms. The van der Waals surface area contributed by atoms with Crippen molar-refractivity contribution in [2.24, 2.45) is 5.92 Å². The molecule has 0 saturated heterocycles. The average molecular weight is 217 g/mol. The molecule has 0 aromatic heterocycles. The molecule has 0 rings (SSSR count). The van der Waals surface area contributed by atoms with Crippen molar-refractivity contribution < 1.29 is 19.4 Å². The van der Waals surface area contributed by atoms with Crippen molar-refractivity contribution in [3.63, 3.8) is 0 Å². The summed E-state index contributed by atoms with van der Waals surface area (Å²) in [7, 11) is 1.27. The molecule has 0 aliphatic heterocycles. The lowest BCUT2D eigenvalue weighted by Crippen LogP contribution is -2.48. The minimum Gasteiger partial charge on any atom is -0.467 e. The van der Waals surface area contributed by atoms with Gasteiger partial charge in [-0.1, -0.05) is 20.8 Å². The van der Waals surface area contributed by atoms with Gasteiger partial charge in [-0.05, 0) is 12.3 Å². The Hall–Kier alpha value is -1.26. The molecule has 0 saturated carbocycles. The van der Waals surface area contributed by atoms with Gasteiger partial charge in [0.1, 0.15) is 6.04 Å². The summed E-state index contributed by atoms with van der Waals surface area (Å²) in [5, 5.41) is 8.99. The Kier molecular flexibility index (Phi) is 5.74. The van der Waals surface area contributed by atoms with Crippen molar-refractivity contribution in [3.8, 4) is 0 Å². The highest BCUT2D eigenvalue weighted by atomic mass is 16.5. The molecule has 1 unspecified atom stereocenters. The normalized spacial score (nSPS) is 12.3. The smallest absolute Gasteiger partial charge is 0.408 e. The van der Waals surface area contributed by atoms with E-state index in [0.717, 1.165) is 4.90 Å². The van der Waals surface area contributed by atoms with E-state index in [0.29, 0.717) is 13.0 Å². The SMILES string of the molecule is CCCN(C(=O)O)C(C(=O)OC)C(C)C. The molecule has 88 valence electrons. The third-order valence-electron chi connectivity index (χ3n) is 2.12. The van der Waals surface area contributed by atoms with Crippen LogP contribution >= 0.6 is 0 Å². The molecule has 15 heavy (non-hydrogen) atoms. The third-order valence-corrected chi connectivity index (χ3v) is 2.12. The summed E-state index contributed by atoms with van der Waals surface area (Å²) in [5.74, 6) is -0.596. The van der Waals surface area contributed by atoms with E-state index in [9.17, 15) is 9.59 Å². The minimum atomic E-state index is -1.08. The van der Waals surface area contributed by atoms with Gasteiger partial charge in [-0.15, -0.1) is 0 Å². The molecule has 1 N–H and O–H groups in total. The molecule has 0 aromatic rings. The highest BCUT2D eigenvalue weighted by molar-refractivity contribution is 5.81. The summed E-state index contributed by atoms with van der Waals surface area (Å²) in [5.41, 5.74) is 0. The van der Waals surface area contributed by atoms with Crippen LogP contribution in [0.5, 0.6) is 0 Å². The molecule has 0 fully saturated rings. The molecule has 0 heterocycles. The van der Waals surface area contributed by atoms with E-state index < -0.39 is 18.1 Å². The molecule has 0 radical (unpaired) electrons. The number of nitrogens with zero attached hydrogens (tertiary/aromatic N) is 1. The van der Waals surface area contributed by atoms with Crippen molar-refractivity contribution >= 4 is 12.1 Å². The van der Waals surface area contributed by atoms with Gasteiger partial charge in [0, 0.05) is 6.54 Å². The first-order chi connectivity index (χ1) is 6.95. The molecule has 0 aromatic carbocycles. The van der Waals surface area contributed by atoms with Crippen LogP contribution in [0, 0.1) is 5.92 Å². The van der Waals surface area contributed by atoms with Crippen molar-refractivity contribution in [1.29, 1.82) is 0 Å². The molecular formula is C10H19NO4. The minimum absolute atomic E-state index is 0.0971. The van der Waals surface area contributed by atoms with Gasteiger partial charge < -0.3 is 9.84 Å². The van der Waals surface area contributed by atoms with Crippen LogP contribution in [0.3, 0.4) is 0 Å². The highest BCUT2D eigenvalue weighted by Crippen LogP contribution is 2.13. The van der Waals surface area contributed by atoms with Gasteiger partial charge in [0.2, 0.25) is 0 Å². The molecular weight excluding hydrogens is 198 g/mol. The number of carboxylic acid groups (broad SMARTS) is 1. The van der Waals surface area contributed by atoms with Crippen molar-refractivity contribution in [1.82, 2.24) is 4.90 Å². The molecule has 0 aliphatic rings. The van der Waals surface area contributed by atoms with Crippen LogP contribution in [0.15, 0.2) is 0 Å². The Bertz CT molecular complexity index is 227. The predicted molar refractivity (Wildman–Crippen MR) is 55.7 cm³/mol. The van der Waals surface area contributed by atoms with Crippen LogP contribution in [0.25, 0.3) is 0 Å². The third kappa shape index (κ3) is 3.77. The second-order valence-electron chi connectivity index (χ2n) is 3.69. The van der Waals surface area contributed by atoms with Gasteiger partial charge in [0.15, 0.2) is 0 Å².